The molecule has 0 bridgehead atoms. The third-order valence-corrected chi connectivity index (χ3v) is 13.5. The Kier molecular flexibility index (Phi) is 20.4. The van der Waals surface area contributed by atoms with Gasteiger partial charge in [0.05, 0.1) is 43.8 Å². The van der Waals surface area contributed by atoms with Crippen molar-refractivity contribution in [3.63, 3.8) is 0 Å². The fraction of sp³-hybridized carbons (Fsp3) is 0.434. The molecule has 0 unspecified atom stereocenters. The van der Waals surface area contributed by atoms with Crippen molar-refractivity contribution in [2.24, 2.45) is 0 Å². The molecule has 0 aliphatic carbocycles. The molecule has 0 saturated carbocycles. The first-order valence-electron chi connectivity index (χ1n) is 25.4. The standard InChI is InChI=1S/C45H60N10O10.C8H5NO2/c56-39(54-11-1-2-12-54)28-48-45(65)36-8-9-46-38-7-6-34(27-37(36)38)33-4-3-5-35(26-33)44(64)47-10-13-49-22-24-55(25-23-49)40(57)29-50-14-16-51(30-41(58)59)18-20-53(32-43(62)63)21-19-52(17-15-50)31-42(60)61;10-5-8-9-6-3-1-2-4-7(6)11-8/h3-9,26-27H,1-2,10-25,28-32H2,(H,47,64)(H,48,65)(H,58,59)(H,60,61)(H,62,63);1-5H. The van der Waals surface area contributed by atoms with Crippen molar-refractivity contribution in [1.82, 2.24) is 54.9 Å². The number of oxazole rings is 1. The van der Waals surface area contributed by atoms with Crippen LogP contribution in [0.25, 0.3) is 33.1 Å². The number of benzene rings is 3. The van der Waals surface area contributed by atoms with Crippen LogP contribution in [0.4, 0.5) is 0 Å². The molecule has 76 heavy (non-hydrogen) atoms. The average molecular weight is 1050 g/mol. The quantitative estimate of drug-likeness (QED) is 0.0819. The van der Waals surface area contributed by atoms with E-state index in [4.69, 9.17) is 4.42 Å². The summed E-state index contributed by atoms with van der Waals surface area (Å²) in [5, 5.41) is 34.9. The van der Waals surface area contributed by atoms with Crippen LogP contribution in [0.1, 0.15) is 44.2 Å². The van der Waals surface area contributed by atoms with Crippen LogP contribution in [0.3, 0.4) is 0 Å². The number of fused-ring (bicyclic) bond motifs is 2. The predicted octanol–water partition coefficient (Wildman–Crippen LogP) is 1.24. The number of aldehydes is 1. The molecular formula is C53H65N11O12. The van der Waals surface area contributed by atoms with Crippen LogP contribution in [0, 0.1) is 0 Å². The molecule has 3 aliphatic rings. The lowest BCUT2D eigenvalue weighted by molar-refractivity contribution is -0.141. The minimum absolute atomic E-state index is 0.0752. The Hall–Kier alpha value is -7.70. The molecule has 0 radical (unpaired) electrons. The fourth-order valence-corrected chi connectivity index (χ4v) is 9.36. The molecule has 5 N–H and O–H groups in total. The number of amides is 4. The highest BCUT2D eigenvalue weighted by molar-refractivity contribution is 6.08. The molecule has 0 atom stereocenters. The number of carbonyl (C=O) groups is 8. The van der Waals surface area contributed by atoms with Crippen LogP contribution < -0.4 is 10.6 Å². The number of carbonyl (C=O) groups excluding carboxylic acids is 5. The number of likely N-dealkylation sites (tertiary alicyclic amines) is 1. The van der Waals surface area contributed by atoms with Crippen LogP contribution in [0.15, 0.2) is 83.4 Å². The molecule has 23 nitrogen and oxygen atoms in total. The maximum atomic E-state index is 13.6. The number of aliphatic carboxylic acids is 3. The summed E-state index contributed by atoms with van der Waals surface area (Å²) in [6.07, 6.45) is 4.10. The first-order chi connectivity index (χ1) is 36.7. The Balaban J connectivity index is 0.000000671. The topological polar surface area (TPSA) is 283 Å². The number of carboxylic acids is 3. The monoisotopic (exact) mass is 1050 g/mol. The maximum absolute atomic E-state index is 13.6. The molecule has 0 spiro atoms. The Bertz CT molecular complexity index is 2780. The maximum Gasteiger partial charge on any atom is 0.317 e. The van der Waals surface area contributed by atoms with E-state index in [2.05, 4.69) is 25.5 Å². The summed E-state index contributed by atoms with van der Waals surface area (Å²) in [5.74, 6) is -3.70. The van der Waals surface area contributed by atoms with E-state index >= 15 is 0 Å². The lowest BCUT2D eigenvalue weighted by Crippen LogP contribution is -2.53. The van der Waals surface area contributed by atoms with Crippen LogP contribution in [0.2, 0.25) is 0 Å². The number of piperazine rings is 1. The molecule has 4 amide bonds. The number of para-hydroxylation sites is 2. The van der Waals surface area contributed by atoms with E-state index in [1.54, 1.807) is 67.1 Å². The minimum atomic E-state index is -1.02. The smallest absolute Gasteiger partial charge is 0.317 e. The third kappa shape index (κ3) is 16.7. The second kappa shape index (κ2) is 27.7. The molecule has 404 valence electrons. The van der Waals surface area contributed by atoms with E-state index in [-0.39, 0.29) is 62.2 Å². The summed E-state index contributed by atoms with van der Waals surface area (Å²) in [4.78, 5) is 119. The van der Waals surface area contributed by atoms with Gasteiger partial charge in [-0.2, -0.15) is 0 Å². The van der Waals surface area contributed by atoms with Gasteiger partial charge in [-0.3, -0.25) is 67.8 Å². The second-order valence-electron chi connectivity index (χ2n) is 18.8. The summed E-state index contributed by atoms with van der Waals surface area (Å²) in [7, 11) is 0. The molecule has 23 heteroatoms. The van der Waals surface area contributed by atoms with Gasteiger partial charge in [0, 0.05) is 122 Å². The van der Waals surface area contributed by atoms with E-state index in [0.29, 0.717) is 139 Å². The number of rotatable bonds is 17. The van der Waals surface area contributed by atoms with Gasteiger partial charge in [-0.05, 0) is 66.4 Å². The van der Waals surface area contributed by atoms with Crippen molar-refractivity contribution in [2.75, 3.05) is 137 Å². The Morgan fingerprint density at radius 1 is 0.553 bits per heavy atom. The zero-order valence-corrected chi connectivity index (χ0v) is 42.4. The third-order valence-electron chi connectivity index (χ3n) is 13.5. The summed E-state index contributed by atoms with van der Waals surface area (Å²) in [6, 6.07) is 21.7. The largest absolute Gasteiger partial charge is 0.480 e. The van der Waals surface area contributed by atoms with E-state index < -0.39 is 17.9 Å². The normalized spacial score (nSPS) is 16.7. The van der Waals surface area contributed by atoms with E-state index in [1.807, 2.05) is 41.3 Å². The second-order valence-corrected chi connectivity index (χ2v) is 18.8. The van der Waals surface area contributed by atoms with Crippen LogP contribution >= 0.6 is 0 Å². The molecule has 2 aromatic heterocycles. The highest BCUT2D eigenvalue weighted by Gasteiger charge is 2.26. The van der Waals surface area contributed by atoms with Crippen molar-refractivity contribution in [3.05, 3.63) is 96.0 Å². The van der Waals surface area contributed by atoms with Gasteiger partial charge in [0.25, 0.3) is 17.7 Å². The number of hydrogen-bond donors (Lipinski definition) is 5. The van der Waals surface area contributed by atoms with Crippen molar-refractivity contribution in [3.8, 4) is 11.1 Å². The SMILES string of the molecule is O=C(O)CN1CCN(CC(=O)O)CCN(CC(=O)N2CCN(CCNC(=O)c3cccc(-c4ccc5nccc(C(=O)NCC(=O)N6CCCC6)c5c4)c3)CC2)CCN(CC(=O)O)CC1.O=Cc1nc2ccccc2o1. The molecule has 3 fully saturated rings. The van der Waals surface area contributed by atoms with Crippen LogP contribution in [0.5, 0.6) is 0 Å². The van der Waals surface area contributed by atoms with E-state index in [1.165, 1.54) is 0 Å². The van der Waals surface area contributed by atoms with Gasteiger partial charge in [0.2, 0.25) is 18.1 Å². The molecule has 5 heterocycles. The minimum Gasteiger partial charge on any atom is -0.480 e. The molecule has 8 rings (SSSR count). The highest BCUT2D eigenvalue weighted by atomic mass is 16.4. The van der Waals surface area contributed by atoms with Gasteiger partial charge in [-0.15, -0.1) is 0 Å². The highest BCUT2D eigenvalue weighted by Crippen LogP contribution is 2.27. The number of carboxylic acid groups (broad SMARTS) is 3. The van der Waals surface area contributed by atoms with Gasteiger partial charge in [0.1, 0.15) is 5.52 Å². The Morgan fingerprint density at radius 2 is 1.12 bits per heavy atom. The van der Waals surface area contributed by atoms with Crippen molar-refractivity contribution in [1.29, 1.82) is 0 Å². The Labute approximate surface area is 439 Å². The first-order valence-corrected chi connectivity index (χ1v) is 25.4. The van der Waals surface area contributed by atoms with E-state index in [9.17, 15) is 53.7 Å². The lowest BCUT2D eigenvalue weighted by Gasteiger charge is -2.37. The average Bonchev–Trinajstić information content (AvgIpc) is 4.12. The van der Waals surface area contributed by atoms with Crippen molar-refractivity contribution >= 4 is 69.8 Å². The molecule has 3 aromatic carbocycles. The molecular weight excluding hydrogens is 983 g/mol. The summed E-state index contributed by atoms with van der Waals surface area (Å²) >= 11 is 0. The van der Waals surface area contributed by atoms with Crippen LogP contribution in [-0.2, 0) is 24.0 Å². The van der Waals surface area contributed by atoms with Crippen LogP contribution in [-0.4, -0.2) is 245 Å². The number of nitrogens with one attached hydrogen (secondary N) is 2. The number of nitrogens with zero attached hydrogens (tertiary/aromatic N) is 9. The molecule has 3 saturated heterocycles. The first kappa shape index (κ1) is 56.0. The molecule has 3 aliphatic heterocycles. The fourth-order valence-electron chi connectivity index (χ4n) is 9.36. The zero-order valence-electron chi connectivity index (χ0n) is 42.4. The van der Waals surface area contributed by atoms with Crippen molar-refractivity contribution < 1.29 is 58.1 Å². The number of aromatic nitrogens is 2. The summed E-state index contributed by atoms with van der Waals surface area (Å²) < 4.78 is 5.04. The Morgan fingerprint density at radius 3 is 1.71 bits per heavy atom. The van der Waals surface area contributed by atoms with Gasteiger partial charge in [0.15, 0.2) is 5.58 Å². The van der Waals surface area contributed by atoms with Gasteiger partial charge < -0.3 is 40.2 Å². The molecule has 5 aromatic rings. The van der Waals surface area contributed by atoms with Gasteiger partial charge >= 0.3 is 17.9 Å². The zero-order chi connectivity index (χ0) is 54.0. The van der Waals surface area contributed by atoms with Crippen molar-refractivity contribution in [2.45, 2.75) is 12.8 Å². The number of pyridine rings is 1. The summed E-state index contributed by atoms with van der Waals surface area (Å²) in [5.41, 5.74) is 4.45. The lowest BCUT2D eigenvalue weighted by atomic mass is 9.99. The van der Waals surface area contributed by atoms with Gasteiger partial charge in [-0.1, -0.05) is 30.3 Å². The van der Waals surface area contributed by atoms with E-state index in [0.717, 1.165) is 29.5 Å². The van der Waals surface area contributed by atoms with Gasteiger partial charge in [-0.25, -0.2) is 4.98 Å². The number of hydrogen-bond acceptors (Lipinski definition) is 16. The predicted molar refractivity (Wildman–Crippen MR) is 279 cm³/mol. The summed E-state index contributed by atoms with van der Waals surface area (Å²) in [6.45, 7) is 6.42.